The summed E-state index contributed by atoms with van der Waals surface area (Å²) < 4.78 is 11.1. The third kappa shape index (κ3) is 5.30. The van der Waals surface area contributed by atoms with Gasteiger partial charge in [-0.3, -0.25) is 19.2 Å². The molecule has 3 saturated carbocycles. The van der Waals surface area contributed by atoms with Gasteiger partial charge in [0.1, 0.15) is 22.7 Å². The Bertz CT molecular complexity index is 1610. The van der Waals surface area contributed by atoms with Crippen LogP contribution in [0.25, 0.3) is 0 Å². The summed E-state index contributed by atoms with van der Waals surface area (Å²) in [6, 6.07) is 4.86. The Morgan fingerprint density at radius 2 is 1.71 bits per heavy atom. The van der Waals surface area contributed by atoms with Crippen LogP contribution in [0.3, 0.4) is 0 Å². The highest BCUT2D eigenvalue weighted by atomic mass is 16.6. The molecule has 2 N–H and O–H groups in total. The highest BCUT2D eigenvalue weighted by Crippen LogP contribution is 2.74. The summed E-state index contributed by atoms with van der Waals surface area (Å²) >= 11 is 0. The molecule has 0 aromatic carbocycles. The van der Waals surface area contributed by atoms with Gasteiger partial charge in [0.25, 0.3) is 0 Å². The molecule has 1 aromatic heterocycles. The highest BCUT2D eigenvalue weighted by Gasteiger charge is 2.74. The van der Waals surface area contributed by atoms with Crippen molar-refractivity contribution in [3.05, 3.63) is 53.9 Å². The van der Waals surface area contributed by atoms with E-state index in [0.717, 1.165) is 5.57 Å². The van der Waals surface area contributed by atoms with Crippen LogP contribution in [-0.4, -0.2) is 67.9 Å². The van der Waals surface area contributed by atoms with Gasteiger partial charge >= 0.3 is 11.9 Å². The van der Waals surface area contributed by atoms with E-state index in [1.807, 2.05) is 34.6 Å². The molecule has 4 aliphatic rings. The molecular formula is C38H49NO9. The van der Waals surface area contributed by atoms with Crippen LogP contribution in [-0.2, 0) is 28.7 Å². The molecule has 1 aromatic rings. The van der Waals surface area contributed by atoms with Gasteiger partial charge in [0.05, 0.1) is 6.10 Å². The maximum Gasteiger partial charge on any atom is 0.357 e. The van der Waals surface area contributed by atoms with Gasteiger partial charge in [0.15, 0.2) is 17.7 Å². The molecule has 10 heteroatoms. The van der Waals surface area contributed by atoms with Gasteiger partial charge in [-0.05, 0) is 101 Å². The molecule has 4 aliphatic carbocycles. The third-order valence-electron chi connectivity index (χ3n) is 12.7. The summed E-state index contributed by atoms with van der Waals surface area (Å²) in [5, 5.41) is 23.6. The average molecular weight is 664 g/mol. The van der Waals surface area contributed by atoms with Crippen molar-refractivity contribution in [1.29, 1.82) is 0 Å². The number of hydrogen-bond donors (Lipinski definition) is 2. The minimum Gasteiger partial charge on any atom is -0.456 e. The van der Waals surface area contributed by atoms with Crippen LogP contribution in [0.1, 0.15) is 98.5 Å². The molecule has 3 fully saturated rings. The van der Waals surface area contributed by atoms with E-state index in [4.69, 9.17) is 9.47 Å². The number of nitrogens with zero attached hydrogens (tertiary/aromatic N) is 1. The van der Waals surface area contributed by atoms with Crippen LogP contribution in [0, 0.1) is 39.4 Å². The number of Topliss-reactive ketones (excluding diaryl/α,β-unsaturated/α-hetero) is 2. The highest BCUT2D eigenvalue weighted by molar-refractivity contribution is 5.98. The second kappa shape index (κ2) is 11.5. The number of ether oxygens (including phenoxy) is 2. The fourth-order valence-electron chi connectivity index (χ4n) is 10.2. The Morgan fingerprint density at radius 3 is 2.31 bits per heavy atom. The Labute approximate surface area is 282 Å². The first-order valence-corrected chi connectivity index (χ1v) is 16.8. The monoisotopic (exact) mass is 663 g/mol. The smallest absolute Gasteiger partial charge is 0.357 e. The SMILES string of the molecule is CC(=O)OC(C)(C)/C=C/C(=O)[C@](C)(O)[C@H]1[C@H](O)C[C@@]2(C)[C@@H]3CC=C4[C@@H](C[C@H](OC(=O)c5ccccn5)C(=O)C4(C)C)[C@]3(C)C(=O)C[C@]12C. The lowest BCUT2D eigenvalue weighted by Crippen LogP contribution is -2.65. The van der Waals surface area contributed by atoms with Crippen LogP contribution in [0.5, 0.6) is 0 Å². The minimum atomic E-state index is -2.04. The largest absolute Gasteiger partial charge is 0.456 e. The number of esters is 2. The van der Waals surface area contributed by atoms with E-state index < -0.39 is 74.6 Å². The fourth-order valence-corrected chi connectivity index (χ4v) is 10.2. The number of allylic oxidation sites excluding steroid dienone is 2. The zero-order chi connectivity index (χ0) is 35.8. The van der Waals surface area contributed by atoms with E-state index in [9.17, 15) is 34.2 Å². The van der Waals surface area contributed by atoms with Crippen molar-refractivity contribution >= 4 is 29.3 Å². The van der Waals surface area contributed by atoms with Gasteiger partial charge in [-0.25, -0.2) is 9.78 Å². The number of carbonyl (C=O) groups is 5. The van der Waals surface area contributed by atoms with Gasteiger partial charge in [-0.15, -0.1) is 0 Å². The number of aliphatic hydroxyl groups excluding tert-OH is 1. The van der Waals surface area contributed by atoms with Crippen molar-refractivity contribution < 1.29 is 43.7 Å². The molecule has 9 atom stereocenters. The first-order chi connectivity index (χ1) is 22.0. The second-order valence-electron chi connectivity index (χ2n) is 16.3. The predicted molar refractivity (Wildman–Crippen MR) is 175 cm³/mol. The lowest BCUT2D eigenvalue weighted by atomic mass is 9.38. The lowest BCUT2D eigenvalue weighted by Gasteiger charge is -2.64. The summed E-state index contributed by atoms with van der Waals surface area (Å²) in [6.45, 7) is 15.4. The van der Waals surface area contributed by atoms with Crippen LogP contribution in [0.15, 0.2) is 48.2 Å². The maximum absolute atomic E-state index is 14.7. The Balaban J connectivity index is 1.50. The molecule has 5 rings (SSSR count). The number of hydrogen-bond acceptors (Lipinski definition) is 10. The average Bonchev–Trinajstić information content (AvgIpc) is 3.19. The normalized spacial score (nSPS) is 37.1. The Kier molecular flexibility index (Phi) is 8.61. The van der Waals surface area contributed by atoms with Crippen LogP contribution in [0.4, 0.5) is 0 Å². The van der Waals surface area contributed by atoms with E-state index in [2.05, 4.69) is 11.1 Å². The number of aliphatic hydroxyl groups is 2. The zero-order valence-corrected chi connectivity index (χ0v) is 29.5. The number of fused-ring (bicyclic) bond motifs is 5. The molecule has 260 valence electrons. The molecular weight excluding hydrogens is 614 g/mol. The minimum absolute atomic E-state index is 0.000850. The van der Waals surface area contributed by atoms with Crippen molar-refractivity contribution in [3.8, 4) is 0 Å². The molecule has 1 heterocycles. The van der Waals surface area contributed by atoms with Crippen LogP contribution < -0.4 is 0 Å². The Morgan fingerprint density at radius 1 is 1.04 bits per heavy atom. The van der Waals surface area contributed by atoms with Crippen molar-refractivity contribution in [3.63, 3.8) is 0 Å². The van der Waals surface area contributed by atoms with Crippen LogP contribution >= 0.6 is 0 Å². The standard InChI is InChI=1S/C38H49NO9/c1-21(40)48-33(2,3)16-15-28(42)38(9,46)30-25(41)19-35(6)27-14-13-22-23(37(27,8)29(43)20-36(30,35)7)18-26(31(44)34(22,4)5)47-32(45)24-12-10-11-17-39-24/h10-13,15-17,23,25-27,30,41,46H,14,18-20H2,1-9H3/b16-15+/t23-,25-,26+,27+,30+,35+,36-,37+,38+/m1/s1. The second-order valence-corrected chi connectivity index (χ2v) is 16.3. The molecule has 48 heavy (non-hydrogen) atoms. The number of carbonyl (C=O) groups excluding carboxylic acids is 5. The topological polar surface area (TPSA) is 157 Å². The van der Waals surface area contributed by atoms with Gasteiger partial charge in [-0.2, -0.15) is 0 Å². The number of pyridine rings is 1. The summed E-state index contributed by atoms with van der Waals surface area (Å²) in [5.41, 5.74) is -5.82. The quantitative estimate of drug-likeness (QED) is 0.237. The molecule has 10 nitrogen and oxygen atoms in total. The van der Waals surface area contributed by atoms with Crippen molar-refractivity contribution in [2.45, 2.75) is 111 Å². The summed E-state index contributed by atoms with van der Waals surface area (Å²) in [7, 11) is 0. The zero-order valence-electron chi connectivity index (χ0n) is 29.5. The molecule has 0 unspecified atom stereocenters. The number of aromatic nitrogens is 1. The van der Waals surface area contributed by atoms with Crippen LogP contribution in [0.2, 0.25) is 0 Å². The summed E-state index contributed by atoms with van der Waals surface area (Å²) in [6.07, 6.45) is 4.83. The van der Waals surface area contributed by atoms with Crippen molar-refractivity contribution in [2.75, 3.05) is 0 Å². The van der Waals surface area contributed by atoms with E-state index in [1.165, 1.54) is 38.3 Å². The van der Waals surface area contributed by atoms with E-state index >= 15 is 0 Å². The third-order valence-corrected chi connectivity index (χ3v) is 12.7. The first-order valence-electron chi connectivity index (χ1n) is 16.8. The molecule has 0 saturated heterocycles. The molecule has 0 spiro atoms. The van der Waals surface area contributed by atoms with Gasteiger partial charge in [0, 0.05) is 36.3 Å². The number of ketones is 3. The Hall–Kier alpha value is -3.50. The summed E-state index contributed by atoms with van der Waals surface area (Å²) in [4.78, 5) is 70.8. The van der Waals surface area contributed by atoms with E-state index in [1.54, 1.807) is 26.0 Å². The van der Waals surface area contributed by atoms with Crippen molar-refractivity contribution in [1.82, 2.24) is 4.98 Å². The van der Waals surface area contributed by atoms with E-state index in [0.29, 0.717) is 6.42 Å². The fraction of sp³-hybridized carbons (Fsp3) is 0.632. The van der Waals surface area contributed by atoms with E-state index in [-0.39, 0.29) is 42.4 Å². The van der Waals surface area contributed by atoms with Gasteiger partial charge in [0.2, 0.25) is 0 Å². The first kappa shape index (κ1) is 35.8. The molecule has 0 aliphatic heterocycles. The maximum atomic E-state index is 14.7. The molecule has 0 bridgehead atoms. The van der Waals surface area contributed by atoms with Crippen molar-refractivity contribution in [2.24, 2.45) is 39.4 Å². The number of rotatable bonds is 7. The van der Waals surface area contributed by atoms with Gasteiger partial charge < -0.3 is 19.7 Å². The van der Waals surface area contributed by atoms with Gasteiger partial charge in [-0.1, -0.05) is 38.5 Å². The lowest BCUT2D eigenvalue weighted by molar-refractivity contribution is -0.183. The molecule has 0 amide bonds. The summed E-state index contributed by atoms with van der Waals surface area (Å²) in [5.74, 6) is -3.87. The molecule has 0 radical (unpaired) electrons. The predicted octanol–water partition coefficient (Wildman–Crippen LogP) is 4.76.